The minimum absolute atomic E-state index is 0.0125. The van der Waals surface area contributed by atoms with Crippen molar-refractivity contribution in [1.29, 1.82) is 0 Å². The van der Waals surface area contributed by atoms with Crippen LogP contribution in [0.15, 0.2) is 40.4 Å². The molecule has 0 radical (unpaired) electrons. The summed E-state index contributed by atoms with van der Waals surface area (Å²) in [5.74, 6) is -15.7. The maximum atomic E-state index is 14.7. The average molecular weight is 1350 g/mol. The highest BCUT2D eigenvalue weighted by Gasteiger charge is 2.42. The number of fused-ring (bicyclic) bond motifs is 10. The monoisotopic (exact) mass is 1350 g/mol. The van der Waals surface area contributed by atoms with Crippen LogP contribution in [0.25, 0.3) is 10.9 Å². The largest absolute Gasteiger partial charge is 0.481 e. The molecule has 0 saturated carbocycles. The van der Waals surface area contributed by atoms with Crippen LogP contribution in [-0.2, 0) is 68.7 Å². The predicted octanol–water partition coefficient (Wildman–Crippen LogP) is -7.62. The second kappa shape index (κ2) is 36.5. The summed E-state index contributed by atoms with van der Waals surface area (Å²) in [6, 6.07) is -10.5. The van der Waals surface area contributed by atoms with Crippen molar-refractivity contribution in [1.82, 2.24) is 63.1 Å². The fraction of sp³-hybridized carbons (Fsp3) is 0.558. The number of nitrogens with two attached hydrogens (primary N) is 6. The lowest BCUT2D eigenvalue weighted by Crippen LogP contribution is -2.61. The number of aliphatic imine (C=N–C) groups is 2. The van der Waals surface area contributed by atoms with Crippen molar-refractivity contribution in [2.45, 2.75) is 125 Å². The van der Waals surface area contributed by atoms with Gasteiger partial charge in [-0.15, -0.1) is 0 Å². The molecule has 0 aliphatic carbocycles. The summed E-state index contributed by atoms with van der Waals surface area (Å²) in [5, 5.41) is 46.2. The van der Waals surface area contributed by atoms with Crippen LogP contribution < -0.4 is 87.6 Å². The lowest BCUT2D eigenvalue weighted by Gasteiger charge is -2.30. The number of guanidine groups is 2. The normalized spacial score (nSPS) is 26.1. The van der Waals surface area contributed by atoms with E-state index >= 15 is 0 Å². The average Bonchev–Trinajstić information content (AvgIpc) is 1.86. The standard InChI is InChI=1S/C52H78N20O15S4/c1-24-41(78)66-30(15-25-18-61-27-8-3-2-7-26(25)27)44(81)64-28(9-4-12-59-51(55)56)42(79)69-33(40(54)77)20-88-90-23-36-48(85)68-32(19-73)45(82)67-31(16-39(75)76)50(87)72-14-6-11-37(72)49(86)65-29(10-5-13-60-52(57)58)43(80)70-35(46(83)62-24)22-91-89-21-34(47(84)71-36)63-38(74)17-53/h2-3,7-8,18,24,28-37,61,73H,4-6,9-17,19-23,53H2,1H3,(H2,54,77)(H,62,83)(H,63,74)(H,64,81)(H,65,86)(H,66,78)(H,67,82)(H,68,85)(H,69,79)(H,70,80)(H,71,84)(H,75,76)(H4,55,56,59)(H4,57,58,60)/t24-,28-,29?,30-,31-,32-,33-,34-,35-,36-,37-/m0/s1. The number of hydrogen-bond acceptors (Lipinski definition) is 21. The van der Waals surface area contributed by atoms with Crippen LogP contribution in [-0.4, -0.2) is 231 Å². The molecule has 91 heavy (non-hydrogen) atoms. The number of hydrogen-bond donors (Lipinski definition) is 19. The molecule has 500 valence electrons. The van der Waals surface area contributed by atoms with Gasteiger partial charge < -0.3 is 108 Å². The Labute approximate surface area is 536 Å². The molecule has 3 aliphatic rings. The molecule has 25 N–H and O–H groups in total. The molecule has 3 fully saturated rings. The summed E-state index contributed by atoms with van der Waals surface area (Å²) in [6.45, 7) is -0.723. The van der Waals surface area contributed by atoms with Crippen molar-refractivity contribution >= 4 is 143 Å². The highest BCUT2D eigenvalue weighted by atomic mass is 33.1. The number of aromatic amines is 1. The smallest absolute Gasteiger partial charge is 0.305 e. The Hall–Kier alpha value is -8.27. The topological polar surface area (TPSA) is 583 Å². The van der Waals surface area contributed by atoms with Crippen molar-refractivity contribution in [3.05, 3.63) is 36.0 Å². The van der Waals surface area contributed by atoms with Crippen LogP contribution in [0.4, 0.5) is 0 Å². The molecule has 3 aliphatic heterocycles. The molecular formula is C52H78N20O15S4. The Morgan fingerprint density at radius 3 is 1.76 bits per heavy atom. The second-order valence-corrected chi connectivity index (χ2v) is 26.1. The van der Waals surface area contributed by atoms with Crippen LogP contribution in [0.2, 0.25) is 0 Å². The summed E-state index contributed by atoms with van der Waals surface area (Å²) >= 11 is 0. The third-order valence-corrected chi connectivity index (χ3v) is 19.0. The fourth-order valence-electron chi connectivity index (χ4n) is 9.39. The van der Waals surface area contributed by atoms with Gasteiger partial charge in [0.1, 0.15) is 66.5 Å². The fourth-order valence-corrected chi connectivity index (χ4v) is 14.1. The van der Waals surface area contributed by atoms with Crippen LogP contribution in [0, 0.1) is 0 Å². The SMILES string of the molecule is C[C@@H]1NC(=O)[C@@H]2CSSC[C@H](NC(=O)CN)C(=O)N[C@@H](CSSC[C@@H](C(N)=O)NC(=O)[C@H](CCCN=C(N)N)NC(=O)[C@H](Cc3c[nH]c4ccccc34)NC1=O)C(=O)N[C@@H](CO)C(=O)N[C@@H](CC(=O)O)C(=O)N1CCC[C@H]1C(=O)NC(CCCN=C(N)N)C(=O)N2. The number of aromatic nitrogens is 1. The van der Waals surface area contributed by atoms with Gasteiger partial charge in [-0.2, -0.15) is 0 Å². The number of nitrogens with one attached hydrogen (secondary N) is 11. The molecule has 4 heterocycles. The van der Waals surface area contributed by atoms with Crippen molar-refractivity contribution < 1.29 is 72.5 Å². The number of aliphatic hydroxyl groups is 1. The number of para-hydroxylation sites is 1. The van der Waals surface area contributed by atoms with Gasteiger partial charge in [-0.25, -0.2) is 0 Å². The third kappa shape index (κ3) is 23.2. The first-order valence-electron chi connectivity index (χ1n) is 28.6. The third-order valence-electron chi connectivity index (χ3n) is 14.2. The predicted molar refractivity (Wildman–Crippen MR) is 339 cm³/mol. The molecule has 1 unspecified atom stereocenters. The Balaban J connectivity index is 1.66. The number of carbonyl (C=O) groups excluding carboxylic acids is 12. The number of rotatable bonds is 16. The molecule has 1 aromatic heterocycles. The van der Waals surface area contributed by atoms with E-state index in [1.165, 1.54) is 6.92 Å². The first-order valence-corrected chi connectivity index (χ1v) is 33.6. The maximum Gasteiger partial charge on any atom is 0.305 e. The quantitative estimate of drug-likeness (QED) is 0.0321. The number of carboxylic acid groups (broad SMARTS) is 1. The minimum atomic E-state index is -1.94. The molecule has 39 heteroatoms. The molecule has 0 spiro atoms. The summed E-state index contributed by atoms with van der Waals surface area (Å²) in [6.07, 6.45) is 0.298. The van der Waals surface area contributed by atoms with Crippen molar-refractivity contribution in [2.24, 2.45) is 44.4 Å². The first kappa shape index (κ1) is 73.5. The molecule has 5 rings (SSSR count). The Morgan fingerprint density at radius 1 is 0.626 bits per heavy atom. The van der Waals surface area contributed by atoms with E-state index in [1.54, 1.807) is 30.5 Å². The van der Waals surface area contributed by atoms with E-state index in [2.05, 4.69) is 68.1 Å². The number of aliphatic carboxylic acids is 1. The lowest BCUT2D eigenvalue weighted by atomic mass is 10.0. The van der Waals surface area contributed by atoms with Gasteiger partial charge in [-0.1, -0.05) is 61.4 Å². The number of nitrogens with zero attached hydrogens (tertiary/aromatic N) is 3. The highest BCUT2D eigenvalue weighted by molar-refractivity contribution is 8.77. The van der Waals surface area contributed by atoms with E-state index in [1.807, 2.05) is 0 Å². The zero-order valence-electron chi connectivity index (χ0n) is 49.4. The van der Waals surface area contributed by atoms with Crippen molar-refractivity contribution in [2.75, 3.05) is 55.8 Å². The van der Waals surface area contributed by atoms with Gasteiger partial charge >= 0.3 is 5.97 Å². The van der Waals surface area contributed by atoms with Crippen LogP contribution in [0.1, 0.15) is 57.4 Å². The molecule has 3 saturated heterocycles. The van der Waals surface area contributed by atoms with Crippen molar-refractivity contribution in [3.8, 4) is 0 Å². The number of carboxylic acids is 1. The van der Waals surface area contributed by atoms with E-state index in [0.29, 0.717) is 16.5 Å². The maximum absolute atomic E-state index is 14.7. The van der Waals surface area contributed by atoms with Crippen LogP contribution in [0.5, 0.6) is 0 Å². The van der Waals surface area contributed by atoms with Gasteiger partial charge in [-0.05, 0) is 57.1 Å². The zero-order chi connectivity index (χ0) is 66.9. The summed E-state index contributed by atoms with van der Waals surface area (Å²) in [7, 11) is 3.46. The van der Waals surface area contributed by atoms with Gasteiger partial charge in [0, 0.05) is 66.2 Å². The lowest BCUT2D eigenvalue weighted by molar-refractivity contribution is -0.146. The van der Waals surface area contributed by atoms with E-state index in [4.69, 9.17) is 34.4 Å². The van der Waals surface area contributed by atoms with E-state index in [-0.39, 0.29) is 93.8 Å². The number of aliphatic hydroxyl groups excluding tert-OH is 1. The first-order chi connectivity index (χ1) is 43.3. The van der Waals surface area contributed by atoms with Gasteiger partial charge in [-0.3, -0.25) is 72.3 Å². The van der Waals surface area contributed by atoms with E-state index in [0.717, 1.165) is 48.1 Å². The number of benzene rings is 1. The number of amides is 12. The van der Waals surface area contributed by atoms with Crippen LogP contribution in [0.3, 0.4) is 0 Å². The number of primary amides is 1. The molecule has 1 aromatic carbocycles. The summed E-state index contributed by atoms with van der Waals surface area (Å²) < 4.78 is 0. The second-order valence-electron chi connectivity index (χ2n) is 21.0. The van der Waals surface area contributed by atoms with E-state index < -0.39 is 169 Å². The molecule has 2 bridgehead atoms. The van der Waals surface area contributed by atoms with Crippen LogP contribution >= 0.6 is 43.2 Å². The van der Waals surface area contributed by atoms with E-state index in [9.17, 15) is 72.5 Å². The molecular weight excluding hydrogens is 1270 g/mol. The number of H-pyrrole nitrogens is 1. The summed E-state index contributed by atoms with van der Waals surface area (Å²) in [5.41, 5.74) is 34.8. The minimum Gasteiger partial charge on any atom is -0.481 e. The zero-order valence-corrected chi connectivity index (χ0v) is 52.7. The van der Waals surface area contributed by atoms with Gasteiger partial charge in [0.25, 0.3) is 0 Å². The van der Waals surface area contributed by atoms with Gasteiger partial charge in [0.05, 0.1) is 19.6 Å². The summed E-state index contributed by atoms with van der Waals surface area (Å²) in [4.78, 5) is 194. The van der Waals surface area contributed by atoms with Crippen molar-refractivity contribution in [3.63, 3.8) is 0 Å². The molecule has 35 nitrogen and oxygen atoms in total. The molecule has 12 amide bonds. The Morgan fingerprint density at radius 2 is 1.15 bits per heavy atom. The molecule has 11 atom stereocenters. The Bertz CT molecular complexity index is 3040. The highest BCUT2D eigenvalue weighted by Crippen LogP contribution is 2.27. The van der Waals surface area contributed by atoms with Gasteiger partial charge in [0.2, 0.25) is 70.9 Å². The Kier molecular flexibility index (Phi) is 29.5. The molecule has 2 aromatic rings. The number of carbonyl (C=O) groups is 13. The van der Waals surface area contributed by atoms with Gasteiger partial charge in [0.15, 0.2) is 11.9 Å².